The molecule has 1 aromatic carbocycles. The van der Waals surface area contributed by atoms with Crippen LogP contribution < -0.4 is 0 Å². The molecule has 0 spiro atoms. The van der Waals surface area contributed by atoms with Crippen molar-refractivity contribution in [2.75, 3.05) is 0 Å². The van der Waals surface area contributed by atoms with Gasteiger partial charge in [0.1, 0.15) is 8.07 Å². The summed E-state index contributed by atoms with van der Waals surface area (Å²) in [5.41, 5.74) is 5.63. The van der Waals surface area contributed by atoms with Gasteiger partial charge in [-0.3, -0.25) is 4.98 Å². The van der Waals surface area contributed by atoms with Crippen LogP contribution in [0.15, 0.2) is 36.5 Å². The number of aromatic nitrogens is 1. The van der Waals surface area contributed by atoms with Crippen molar-refractivity contribution in [3.05, 3.63) is 42.1 Å². The van der Waals surface area contributed by atoms with E-state index in [1.165, 1.54) is 10.9 Å². The van der Waals surface area contributed by atoms with Crippen molar-refractivity contribution in [1.29, 1.82) is 0 Å². The lowest BCUT2D eigenvalue weighted by molar-refractivity contribution is 1.26. The lowest BCUT2D eigenvalue weighted by Gasteiger charge is -2.03. The highest BCUT2D eigenvalue weighted by Gasteiger charge is 2.07. The van der Waals surface area contributed by atoms with Crippen LogP contribution in [-0.4, -0.2) is 13.1 Å². The van der Waals surface area contributed by atoms with E-state index in [1.54, 1.807) is 0 Å². The van der Waals surface area contributed by atoms with Gasteiger partial charge in [0.25, 0.3) is 0 Å². The van der Waals surface area contributed by atoms with Gasteiger partial charge in [-0.15, -0.1) is 11.5 Å². The number of nitrogens with zero attached hydrogens (tertiary/aromatic N) is 1. The number of hydrogen-bond donors (Lipinski definition) is 0. The van der Waals surface area contributed by atoms with Gasteiger partial charge in [0, 0.05) is 18.0 Å². The molecule has 0 aliphatic rings. The summed E-state index contributed by atoms with van der Waals surface area (Å²) in [6, 6.07) is 10.4. The van der Waals surface area contributed by atoms with Crippen molar-refractivity contribution in [2.45, 2.75) is 26.1 Å². The van der Waals surface area contributed by atoms with Crippen LogP contribution in [-0.2, 0) is 6.42 Å². The Morgan fingerprint density at radius 3 is 2.71 bits per heavy atom. The topological polar surface area (TPSA) is 12.9 Å². The lowest BCUT2D eigenvalue weighted by Crippen LogP contribution is -2.16. The molecule has 0 N–H and O–H groups in total. The molecule has 0 saturated heterocycles. The maximum atomic E-state index is 4.44. The molecule has 0 radical (unpaired) electrons. The second kappa shape index (κ2) is 4.73. The molecule has 2 rings (SSSR count). The molecule has 86 valence electrons. The SMILES string of the molecule is C[Si](C)(C)C#CCc1cnc2ccccc2c1. The second-order valence-corrected chi connectivity index (χ2v) is 10.0. The van der Waals surface area contributed by atoms with Crippen LogP contribution in [0, 0.1) is 11.5 Å². The molecule has 1 heterocycles. The first-order chi connectivity index (χ1) is 8.04. The van der Waals surface area contributed by atoms with Crippen molar-refractivity contribution >= 4 is 19.0 Å². The van der Waals surface area contributed by atoms with Gasteiger partial charge in [-0.2, -0.15) is 0 Å². The molecule has 0 amide bonds. The minimum absolute atomic E-state index is 0.808. The lowest BCUT2D eigenvalue weighted by atomic mass is 10.1. The Morgan fingerprint density at radius 2 is 1.94 bits per heavy atom. The molecule has 1 aromatic heterocycles. The van der Waals surface area contributed by atoms with Crippen LogP contribution in [0.2, 0.25) is 19.6 Å². The summed E-state index contributed by atoms with van der Waals surface area (Å²) in [4.78, 5) is 4.44. The van der Waals surface area contributed by atoms with E-state index in [-0.39, 0.29) is 0 Å². The zero-order valence-electron chi connectivity index (χ0n) is 10.6. The number of pyridine rings is 1. The van der Waals surface area contributed by atoms with E-state index in [2.05, 4.69) is 48.2 Å². The summed E-state index contributed by atoms with van der Waals surface area (Å²) in [6.07, 6.45) is 2.74. The standard InChI is InChI=1S/C15H17NSi/c1-17(2,3)10-6-7-13-11-14-8-4-5-9-15(14)16-12-13/h4-5,8-9,11-12H,7H2,1-3H3. The quantitative estimate of drug-likeness (QED) is 0.547. The van der Waals surface area contributed by atoms with E-state index < -0.39 is 8.07 Å². The van der Waals surface area contributed by atoms with Crippen molar-refractivity contribution in [2.24, 2.45) is 0 Å². The third-order valence-electron chi connectivity index (χ3n) is 2.40. The molecule has 0 aliphatic heterocycles. The highest BCUT2D eigenvalue weighted by atomic mass is 28.3. The first-order valence-corrected chi connectivity index (χ1v) is 9.38. The molecule has 0 unspecified atom stereocenters. The van der Waals surface area contributed by atoms with Gasteiger partial charge in [-0.05, 0) is 17.7 Å². The van der Waals surface area contributed by atoms with Crippen LogP contribution in [0.1, 0.15) is 5.56 Å². The summed E-state index contributed by atoms with van der Waals surface area (Å²) >= 11 is 0. The van der Waals surface area contributed by atoms with E-state index in [0.29, 0.717) is 0 Å². The molecule has 0 bridgehead atoms. The Kier molecular flexibility index (Phi) is 3.30. The van der Waals surface area contributed by atoms with Crippen molar-refractivity contribution in [1.82, 2.24) is 4.98 Å². The number of hydrogen-bond acceptors (Lipinski definition) is 1. The maximum absolute atomic E-state index is 4.44. The molecule has 0 fully saturated rings. The third kappa shape index (κ3) is 3.44. The molecule has 0 aliphatic carbocycles. The van der Waals surface area contributed by atoms with Gasteiger partial charge in [0.05, 0.1) is 5.52 Å². The summed E-state index contributed by atoms with van der Waals surface area (Å²) in [6.45, 7) is 6.79. The van der Waals surface area contributed by atoms with Gasteiger partial charge in [0.15, 0.2) is 0 Å². The van der Waals surface area contributed by atoms with Crippen molar-refractivity contribution in [3.63, 3.8) is 0 Å². The van der Waals surface area contributed by atoms with Gasteiger partial charge in [0.2, 0.25) is 0 Å². The number of rotatable bonds is 1. The highest BCUT2D eigenvalue weighted by molar-refractivity contribution is 6.83. The van der Waals surface area contributed by atoms with Crippen LogP contribution >= 0.6 is 0 Å². The van der Waals surface area contributed by atoms with Crippen molar-refractivity contribution < 1.29 is 0 Å². The van der Waals surface area contributed by atoms with Gasteiger partial charge < -0.3 is 0 Å². The zero-order chi connectivity index (χ0) is 12.3. The molecule has 17 heavy (non-hydrogen) atoms. The predicted molar refractivity (Wildman–Crippen MR) is 76.6 cm³/mol. The van der Waals surface area contributed by atoms with Gasteiger partial charge >= 0.3 is 0 Å². The van der Waals surface area contributed by atoms with Crippen molar-refractivity contribution in [3.8, 4) is 11.5 Å². The second-order valence-electron chi connectivity index (χ2n) is 5.26. The molecule has 2 aromatic rings. The van der Waals surface area contributed by atoms with Gasteiger partial charge in [-0.1, -0.05) is 37.8 Å². The average molecular weight is 239 g/mol. The zero-order valence-corrected chi connectivity index (χ0v) is 11.6. The smallest absolute Gasteiger partial charge is 0.129 e. The van der Waals surface area contributed by atoms with Crippen LogP contribution in [0.25, 0.3) is 10.9 Å². The van der Waals surface area contributed by atoms with Crippen LogP contribution in [0.5, 0.6) is 0 Å². The largest absolute Gasteiger partial charge is 0.256 e. The van der Waals surface area contributed by atoms with Crippen LogP contribution in [0.3, 0.4) is 0 Å². The monoisotopic (exact) mass is 239 g/mol. The Balaban J connectivity index is 2.22. The van der Waals surface area contributed by atoms with Crippen LogP contribution in [0.4, 0.5) is 0 Å². The van der Waals surface area contributed by atoms with E-state index in [9.17, 15) is 0 Å². The van der Waals surface area contributed by atoms with E-state index in [0.717, 1.165) is 11.9 Å². The van der Waals surface area contributed by atoms with Gasteiger partial charge in [-0.25, -0.2) is 0 Å². The fraction of sp³-hybridized carbons (Fsp3) is 0.267. The van der Waals surface area contributed by atoms with E-state index in [1.807, 2.05) is 24.4 Å². The highest BCUT2D eigenvalue weighted by Crippen LogP contribution is 2.12. The van der Waals surface area contributed by atoms with E-state index in [4.69, 9.17) is 0 Å². The Hall–Kier alpha value is -1.59. The molecule has 2 heteroatoms. The Labute approximate surface area is 104 Å². The molecule has 0 saturated carbocycles. The maximum Gasteiger partial charge on any atom is 0.129 e. The summed E-state index contributed by atoms with van der Waals surface area (Å²) in [5.74, 6) is 3.28. The Bertz CT molecular complexity index is 585. The predicted octanol–water partition coefficient (Wildman–Crippen LogP) is 3.66. The molecular weight excluding hydrogens is 222 g/mol. The minimum atomic E-state index is -1.25. The normalized spacial score (nSPS) is 11.0. The number of fused-ring (bicyclic) bond motifs is 1. The first-order valence-electron chi connectivity index (χ1n) is 5.88. The summed E-state index contributed by atoms with van der Waals surface area (Å²) < 4.78 is 0. The number of para-hydroxylation sites is 1. The Morgan fingerprint density at radius 1 is 1.18 bits per heavy atom. The molecular formula is C15H17NSi. The average Bonchev–Trinajstić information content (AvgIpc) is 2.27. The molecule has 0 atom stereocenters. The third-order valence-corrected chi connectivity index (χ3v) is 3.33. The summed E-state index contributed by atoms with van der Waals surface area (Å²) in [7, 11) is -1.25. The van der Waals surface area contributed by atoms with E-state index >= 15 is 0 Å². The fourth-order valence-corrected chi connectivity index (χ4v) is 2.24. The summed E-state index contributed by atoms with van der Waals surface area (Å²) in [5, 5.41) is 1.19. The minimum Gasteiger partial charge on any atom is -0.256 e. The number of benzene rings is 1. The fourth-order valence-electron chi connectivity index (χ4n) is 1.62. The first kappa shape index (κ1) is 11.9. The molecule has 1 nitrogen and oxygen atoms in total.